The number of phenolic OH excluding ortho intramolecular Hbond substituents is 1. The van der Waals surface area contributed by atoms with Crippen molar-refractivity contribution in [2.45, 2.75) is 0 Å². The molecule has 0 radical (unpaired) electrons. The van der Waals surface area contributed by atoms with Crippen molar-refractivity contribution < 1.29 is 9.84 Å². The van der Waals surface area contributed by atoms with E-state index in [-0.39, 0.29) is 15.8 Å². The Labute approximate surface area is 136 Å². The molecule has 2 rings (SSSR count). The Morgan fingerprint density at radius 1 is 1.10 bits per heavy atom. The minimum absolute atomic E-state index is 0.148. The number of halogens is 3. The number of anilines is 1. The van der Waals surface area contributed by atoms with Crippen molar-refractivity contribution in [3.05, 3.63) is 51.0 Å². The second-order valence-corrected chi connectivity index (χ2v) is 5.27. The first-order valence-electron chi connectivity index (χ1n) is 5.82. The van der Waals surface area contributed by atoms with Gasteiger partial charge < -0.3 is 9.84 Å². The van der Waals surface area contributed by atoms with Crippen LogP contribution in [0.15, 0.2) is 35.4 Å². The molecule has 4 nitrogen and oxygen atoms in total. The van der Waals surface area contributed by atoms with E-state index in [0.29, 0.717) is 22.0 Å². The number of benzene rings is 2. The molecule has 0 amide bonds. The molecule has 0 aliphatic rings. The molecule has 0 aromatic heterocycles. The Morgan fingerprint density at radius 2 is 1.76 bits per heavy atom. The van der Waals surface area contributed by atoms with E-state index < -0.39 is 0 Å². The monoisotopic (exact) mass is 344 g/mol. The Kier molecular flexibility index (Phi) is 5.17. The van der Waals surface area contributed by atoms with E-state index in [1.807, 2.05) is 0 Å². The van der Waals surface area contributed by atoms with E-state index in [0.717, 1.165) is 0 Å². The first-order valence-corrected chi connectivity index (χ1v) is 6.95. The third kappa shape index (κ3) is 3.94. The van der Waals surface area contributed by atoms with Crippen LogP contribution in [-0.4, -0.2) is 18.4 Å². The zero-order chi connectivity index (χ0) is 15.4. The number of methoxy groups -OCH3 is 1. The molecule has 0 spiro atoms. The summed E-state index contributed by atoms with van der Waals surface area (Å²) in [6.45, 7) is 0. The zero-order valence-corrected chi connectivity index (χ0v) is 13.2. The molecule has 0 atom stereocenters. The Balaban J connectivity index is 2.10. The average molecular weight is 346 g/mol. The highest BCUT2D eigenvalue weighted by molar-refractivity contribution is 6.37. The van der Waals surface area contributed by atoms with Crippen LogP contribution in [0.1, 0.15) is 5.56 Å². The number of phenols is 1. The Morgan fingerprint density at radius 3 is 2.33 bits per heavy atom. The molecule has 21 heavy (non-hydrogen) atoms. The highest BCUT2D eigenvalue weighted by atomic mass is 35.5. The zero-order valence-electron chi connectivity index (χ0n) is 10.9. The van der Waals surface area contributed by atoms with E-state index in [1.54, 1.807) is 37.4 Å². The van der Waals surface area contributed by atoms with Crippen LogP contribution in [0.2, 0.25) is 15.1 Å². The van der Waals surface area contributed by atoms with Gasteiger partial charge in [-0.3, -0.25) is 5.43 Å². The summed E-state index contributed by atoms with van der Waals surface area (Å²) in [6, 6.07) is 8.30. The maximum Gasteiger partial charge on any atom is 0.152 e. The van der Waals surface area contributed by atoms with Crippen molar-refractivity contribution in [3.8, 4) is 11.5 Å². The van der Waals surface area contributed by atoms with Crippen molar-refractivity contribution in [2.75, 3.05) is 12.5 Å². The highest BCUT2D eigenvalue weighted by Gasteiger charge is 2.05. The van der Waals surface area contributed by atoms with Crippen LogP contribution in [-0.2, 0) is 0 Å². The van der Waals surface area contributed by atoms with Crippen molar-refractivity contribution >= 4 is 46.7 Å². The van der Waals surface area contributed by atoms with Crippen LogP contribution in [0.25, 0.3) is 0 Å². The molecule has 2 aromatic rings. The first-order chi connectivity index (χ1) is 10.0. The maximum atomic E-state index is 9.46. The summed E-state index contributed by atoms with van der Waals surface area (Å²) in [6.07, 6.45) is 1.52. The minimum atomic E-state index is -0.148. The lowest BCUT2D eigenvalue weighted by atomic mass is 10.2. The first kappa shape index (κ1) is 15.8. The molecular formula is C14H11Cl3N2O2. The van der Waals surface area contributed by atoms with E-state index in [9.17, 15) is 5.11 Å². The summed E-state index contributed by atoms with van der Waals surface area (Å²) in [5, 5.41) is 14.3. The molecule has 0 aliphatic heterocycles. The van der Waals surface area contributed by atoms with E-state index >= 15 is 0 Å². The standard InChI is InChI=1S/C14H11Cl3N2O2/c1-21-13-3-2-9(6-10(13)15)19-18-7-8-4-11(16)14(20)12(17)5-8/h2-7,19-20H,1H3/b18-7+. The fourth-order valence-corrected chi connectivity index (χ4v) is 2.34. The fraction of sp³-hybridized carbons (Fsp3) is 0.0714. The van der Waals surface area contributed by atoms with Gasteiger partial charge in [-0.15, -0.1) is 0 Å². The summed E-state index contributed by atoms with van der Waals surface area (Å²) in [5.74, 6) is 0.439. The quantitative estimate of drug-likeness (QED) is 0.618. The van der Waals surface area contributed by atoms with E-state index in [1.165, 1.54) is 6.21 Å². The third-order valence-corrected chi connectivity index (χ3v) is 3.47. The van der Waals surface area contributed by atoms with Crippen LogP contribution in [0.3, 0.4) is 0 Å². The van der Waals surface area contributed by atoms with Crippen molar-refractivity contribution in [2.24, 2.45) is 5.10 Å². The predicted molar refractivity (Wildman–Crippen MR) is 87.3 cm³/mol. The third-order valence-electron chi connectivity index (χ3n) is 2.60. The Bertz CT molecular complexity index is 667. The normalized spacial score (nSPS) is 10.9. The van der Waals surface area contributed by atoms with Gasteiger partial charge in [0.2, 0.25) is 0 Å². The fourth-order valence-electron chi connectivity index (χ4n) is 1.58. The lowest BCUT2D eigenvalue weighted by molar-refractivity contribution is 0.415. The molecule has 0 saturated carbocycles. The summed E-state index contributed by atoms with van der Waals surface area (Å²) in [5.41, 5.74) is 4.17. The molecule has 0 unspecified atom stereocenters. The molecule has 110 valence electrons. The predicted octanol–water partition coefficient (Wildman–Crippen LogP) is 4.81. The summed E-state index contributed by atoms with van der Waals surface area (Å²) >= 11 is 17.6. The molecular weight excluding hydrogens is 335 g/mol. The molecule has 0 heterocycles. The largest absolute Gasteiger partial charge is 0.505 e. The van der Waals surface area contributed by atoms with E-state index in [2.05, 4.69) is 10.5 Å². The molecule has 0 saturated heterocycles. The number of nitrogens with zero attached hydrogens (tertiary/aromatic N) is 1. The number of hydrogen-bond acceptors (Lipinski definition) is 4. The van der Waals surface area contributed by atoms with Crippen molar-refractivity contribution in [1.29, 1.82) is 0 Å². The van der Waals surface area contributed by atoms with Crippen LogP contribution in [0, 0.1) is 0 Å². The summed E-state index contributed by atoms with van der Waals surface area (Å²) < 4.78 is 5.06. The van der Waals surface area contributed by atoms with Crippen molar-refractivity contribution in [3.63, 3.8) is 0 Å². The number of nitrogens with one attached hydrogen (secondary N) is 1. The number of hydrogen-bond donors (Lipinski definition) is 2. The summed E-state index contributed by atoms with van der Waals surface area (Å²) in [7, 11) is 1.55. The average Bonchev–Trinajstić information content (AvgIpc) is 2.45. The van der Waals surface area contributed by atoms with Crippen LogP contribution in [0.5, 0.6) is 11.5 Å². The minimum Gasteiger partial charge on any atom is -0.505 e. The topological polar surface area (TPSA) is 53.8 Å². The number of rotatable bonds is 4. The molecule has 2 aromatic carbocycles. The van der Waals surface area contributed by atoms with Gasteiger partial charge in [-0.25, -0.2) is 0 Å². The second kappa shape index (κ2) is 6.89. The van der Waals surface area contributed by atoms with Crippen molar-refractivity contribution in [1.82, 2.24) is 0 Å². The molecule has 0 fully saturated rings. The number of ether oxygens (including phenoxy) is 1. The van der Waals surface area contributed by atoms with Gasteiger partial charge in [0.1, 0.15) is 5.75 Å². The van der Waals surface area contributed by atoms with Gasteiger partial charge in [-0.1, -0.05) is 34.8 Å². The van der Waals surface area contributed by atoms with Gasteiger partial charge in [0, 0.05) is 0 Å². The Hall–Kier alpha value is -1.62. The van der Waals surface area contributed by atoms with Crippen LogP contribution in [0.4, 0.5) is 5.69 Å². The molecule has 0 bridgehead atoms. The molecule has 0 aliphatic carbocycles. The highest BCUT2D eigenvalue weighted by Crippen LogP contribution is 2.32. The van der Waals surface area contributed by atoms with Gasteiger partial charge >= 0.3 is 0 Å². The van der Waals surface area contributed by atoms with Gasteiger partial charge in [0.05, 0.1) is 34.1 Å². The van der Waals surface area contributed by atoms with Gasteiger partial charge in [-0.05, 0) is 35.9 Å². The molecule has 7 heteroatoms. The van der Waals surface area contributed by atoms with Gasteiger partial charge in [0.15, 0.2) is 5.75 Å². The molecule has 2 N–H and O–H groups in total. The van der Waals surface area contributed by atoms with Crippen LogP contribution < -0.4 is 10.2 Å². The number of hydrazone groups is 1. The smallest absolute Gasteiger partial charge is 0.152 e. The van der Waals surface area contributed by atoms with E-state index in [4.69, 9.17) is 39.5 Å². The lowest BCUT2D eigenvalue weighted by Gasteiger charge is -2.05. The van der Waals surface area contributed by atoms with Gasteiger partial charge in [0.25, 0.3) is 0 Å². The van der Waals surface area contributed by atoms with Gasteiger partial charge in [-0.2, -0.15) is 5.10 Å². The number of aromatic hydroxyl groups is 1. The second-order valence-electron chi connectivity index (χ2n) is 4.05. The van der Waals surface area contributed by atoms with Crippen LogP contribution >= 0.6 is 34.8 Å². The SMILES string of the molecule is COc1ccc(N/N=C/c2cc(Cl)c(O)c(Cl)c2)cc1Cl. The maximum absolute atomic E-state index is 9.46. The summed E-state index contributed by atoms with van der Waals surface area (Å²) in [4.78, 5) is 0. The lowest BCUT2D eigenvalue weighted by Crippen LogP contribution is -1.92.